The van der Waals surface area contributed by atoms with Gasteiger partial charge in [0.25, 0.3) is 0 Å². The highest BCUT2D eigenvalue weighted by Gasteiger charge is 2.25. The first-order valence-corrected chi connectivity index (χ1v) is 9.03. The van der Waals surface area contributed by atoms with Crippen molar-refractivity contribution in [3.8, 4) is 11.6 Å². The lowest BCUT2D eigenvalue weighted by atomic mass is 10.0. The number of rotatable bonds is 6. The van der Waals surface area contributed by atoms with Gasteiger partial charge >= 0.3 is 11.6 Å². The van der Waals surface area contributed by atoms with Gasteiger partial charge in [-0.3, -0.25) is 10.1 Å². The minimum Gasteiger partial charge on any atom is -0.434 e. The van der Waals surface area contributed by atoms with E-state index >= 15 is 0 Å². The predicted octanol–water partition coefficient (Wildman–Crippen LogP) is 6.01. The van der Waals surface area contributed by atoms with E-state index in [1.807, 2.05) is 25.1 Å². The Morgan fingerprint density at radius 2 is 1.86 bits per heavy atom. The smallest absolute Gasteiger partial charge is 0.373 e. The Kier molecular flexibility index (Phi) is 5.75. The van der Waals surface area contributed by atoms with Crippen molar-refractivity contribution in [3.63, 3.8) is 0 Å². The molecule has 1 heterocycles. The second kappa shape index (κ2) is 8.22. The Bertz CT molecular complexity index is 1010. The fourth-order valence-electron chi connectivity index (χ4n) is 2.53. The van der Waals surface area contributed by atoms with Crippen molar-refractivity contribution in [2.75, 3.05) is 5.32 Å². The van der Waals surface area contributed by atoms with Gasteiger partial charge in [-0.1, -0.05) is 43.6 Å². The second-order valence-electron chi connectivity index (χ2n) is 6.55. The van der Waals surface area contributed by atoms with E-state index in [2.05, 4.69) is 29.1 Å². The SMILES string of the molecule is Cc1ccc(Nc2ncnc(Oc3ccc(C(C)C)cc3)c2[N+](=O)[O-])cc1Cl. The molecular formula is C20H19ClN4O3. The average Bonchev–Trinajstić information content (AvgIpc) is 2.65. The number of aromatic nitrogens is 2. The summed E-state index contributed by atoms with van der Waals surface area (Å²) >= 11 is 6.12. The molecule has 0 saturated carbocycles. The lowest BCUT2D eigenvalue weighted by Gasteiger charge is -2.11. The van der Waals surface area contributed by atoms with Crippen LogP contribution in [0.1, 0.15) is 30.9 Å². The molecule has 0 aliphatic carbocycles. The third-order valence-corrected chi connectivity index (χ3v) is 4.57. The molecule has 1 aromatic heterocycles. The van der Waals surface area contributed by atoms with E-state index in [0.717, 1.165) is 11.1 Å². The maximum Gasteiger partial charge on any atom is 0.373 e. The van der Waals surface area contributed by atoms with Crippen LogP contribution in [0.25, 0.3) is 0 Å². The van der Waals surface area contributed by atoms with Crippen molar-refractivity contribution < 1.29 is 9.66 Å². The zero-order chi connectivity index (χ0) is 20.3. The monoisotopic (exact) mass is 398 g/mol. The first kappa shape index (κ1) is 19.6. The Morgan fingerprint density at radius 3 is 2.46 bits per heavy atom. The van der Waals surface area contributed by atoms with E-state index in [-0.39, 0.29) is 17.4 Å². The van der Waals surface area contributed by atoms with Crippen molar-refractivity contribution in [1.29, 1.82) is 0 Å². The van der Waals surface area contributed by atoms with Gasteiger partial charge in [0.05, 0.1) is 4.92 Å². The van der Waals surface area contributed by atoms with Crippen LogP contribution < -0.4 is 10.1 Å². The van der Waals surface area contributed by atoms with Crippen LogP contribution in [0.3, 0.4) is 0 Å². The molecule has 2 aromatic carbocycles. The van der Waals surface area contributed by atoms with E-state index in [4.69, 9.17) is 16.3 Å². The van der Waals surface area contributed by atoms with Gasteiger partial charge in [0.1, 0.15) is 12.1 Å². The van der Waals surface area contributed by atoms with Gasteiger partial charge in [-0.05, 0) is 48.2 Å². The summed E-state index contributed by atoms with van der Waals surface area (Å²) < 4.78 is 5.67. The molecule has 0 spiro atoms. The molecule has 0 fully saturated rings. The lowest BCUT2D eigenvalue weighted by molar-refractivity contribution is -0.385. The van der Waals surface area contributed by atoms with Crippen LogP contribution in [0.15, 0.2) is 48.8 Å². The molecule has 0 bridgehead atoms. The summed E-state index contributed by atoms with van der Waals surface area (Å²) in [6.45, 7) is 6.04. The first-order valence-electron chi connectivity index (χ1n) is 8.65. The highest BCUT2D eigenvalue weighted by molar-refractivity contribution is 6.31. The van der Waals surface area contributed by atoms with Gasteiger partial charge < -0.3 is 10.1 Å². The number of hydrogen-bond donors (Lipinski definition) is 1. The summed E-state index contributed by atoms with van der Waals surface area (Å²) in [7, 11) is 0. The average molecular weight is 399 g/mol. The van der Waals surface area contributed by atoms with Crippen LogP contribution in [0.4, 0.5) is 17.2 Å². The molecule has 0 atom stereocenters. The number of ether oxygens (including phenoxy) is 1. The van der Waals surface area contributed by atoms with Gasteiger partial charge in [-0.25, -0.2) is 4.98 Å². The Morgan fingerprint density at radius 1 is 1.14 bits per heavy atom. The molecule has 0 aliphatic heterocycles. The molecule has 28 heavy (non-hydrogen) atoms. The summed E-state index contributed by atoms with van der Waals surface area (Å²) in [4.78, 5) is 19.0. The lowest BCUT2D eigenvalue weighted by Crippen LogP contribution is -2.03. The summed E-state index contributed by atoms with van der Waals surface area (Å²) in [5.41, 5.74) is 2.26. The summed E-state index contributed by atoms with van der Waals surface area (Å²) in [6, 6.07) is 12.6. The first-order chi connectivity index (χ1) is 13.3. The maximum absolute atomic E-state index is 11.7. The fraction of sp³-hybridized carbons (Fsp3) is 0.200. The highest BCUT2D eigenvalue weighted by Crippen LogP contribution is 2.36. The standard InChI is InChI=1S/C20H19ClN4O3/c1-12(2)14-5-8-16(9-6-14)28-20-18(25(26)27)19(22-11-23-20)24-15-7-4-13(3)17(21)10-15/h4-12H,1-3H3,(H,22,23,24). The molecule has 0 unspecified atom stereocenters. The topological polar surface area (TPSA) is 90.2 Å². The van der Waals surface area contributed by atoms with Crippen LogP contribution in [-0.4, -0.2) is 14.9 Å². The van der Waals surface area contributed by atoms with Crippen LogP contribution in [0.5, 0.6) is 11.6 Å². The van der Waals surface area contributed by atoms with Gasteiger partial charge in [-0.2, -0.15) is 4.98 Å². The largest absolute Gasteiger partial charge is 0.434 e. The molecule has 1 N–H and O–H groups in total. The summed E-state index contributed by atoms with van der Waals surface area (Å²) in [5, 5.41) is 15.1. The van der Waals surface area contributed by atoms with E-state index in [0.29, 0.717) is 22.4 Å². The number of nitrogens with one attached hydrogen (secondary N) is 1. The quantitative estimate of drug-likeness (QED) is 0.404. The molecular weight excluding hydrogens is 380 g/mol. The van der Waals surface area contributed by atoms with Crippen LogP contribution in [0, 0.1) is 17.0 Å². The molecule has 0 saturated heterocycles. The van der Waals surface area contributed by atoms with Crippen molar-refractivity contribution in [2.24, 2.45) is 0 Å². The van der Waals surface area contributed by atoms with Gasteiger partial charge in [0, 0.05) is 10.7 Å². The molecule has 3 rings (SSSR count). The van der Waals surface area contributed by atoms with Crippen molar-refractivity contribution in [1.82, 2.24) is 9.97 Å². The van der Waals surface area contributed by atoms with Gasteiger partial charge in [0.2, 0.25) is 5.82 Å². The summed E-state index contributed by atoms with van der Waals surface area (Å²) in [6.07, 6.45) is 1.21. The zero-order valence-electron chi connectivity index (χ0n) is 15.6. The van der Waals surface area contributed by atoms with E-state index in [1.54, 1.807) is 24.3 Å². The molecule has 7 nitrogen and oxygen atoms in total. The van der Waals surface area contributed by atoms with E-state index in [9.17, 15) is 10.1 Å². The molecule has 3 aromatic rings. The van der Waals surface area contributed by atoms with Gasteiger partial charge in [-0.15, -0.1) is 0 Å². The number of anilines is 2. The van der Waals surface area contributed by atoms with Crippen LogP contribution >= 0.6 is 11.6 Å². The third-order valence-electron chi connectivity index (χ3n) is 4.17. The molecule has 0 amide bonds. The normalized spacial score (nSPS) is 10.8. The number of halogens is 1. The Balaban J connectivity index is 1.92. The second-order valence-corrected chi connectivity index (χ2v) is 6.96. The third kappa shape index (κ3) is 4.37. The van der Waals surface area contributed by atoms with Crippen molar-refractivity contribution in [3.05, 3.63) is 75.1 Å². The zero-order valence-corrected chi connectivity index (χ0v) is 16.4. The van der Waals surface area contributed by atoms with Crippen LogP contribution in [-0.2, 0) is 0 Å². The van der Waals surface area contributed by atoms with E-state index < -0.39 is 4.92 Å². The number of hydrogen-bond acceptors (Lipinski definition) is 6. The molecule has 8 heteroatoms. The fourth-order valence-corrected chi connectivity index (χ4v) is 2.71. The number of benzene rings is 2. The number of nitrogens with zero attached hydrogens (tertiary/aromatic N) is 3. The van der Waals surface area contributed by atoms with Crippen molar-refractivity contribution in [2.45, 2.75) is 26.7 Å². The highest BCUT2D eigenvalue weighted by atomic mass is 35.5. The number of nitro groups is 1. The molecule has 0 aliphatic rings. The Labute approximate surface area is 167 Å². The minimum absolute atomic E-state index is 0.0220. The molecule has 0 radical (unpaired) electrons. The molecule has 144 valence electrons. The maximum atomic E-state index is 11.7. The minimum atomic E-state index is -0.573. The van der Waals surface area contributed by atoms with Crippen molar-refractivity contribution >= 4 is 28.8 Å². The van der Waals surface area contributed by atoms with Crippen LogP contribution in [0.2, 0.25) is 5.02 Å². The van der Waals surface area contributed by atoms with Gasteiger partial charge in [0.15, 0.2) is 0 Å². The predicted molar refractivity (Wildman–Crippen MR) is 109 cm³/mol. The van der Waals surface area contributed by atoms with E-state index in [1.165, 1.54) is 6.33 Å². The Hall–Kier alpha value is -3.19. The number of aryl methyl sites for hydroxylation is 1. The summed E-state index contributed by atoms with van der Waals surface area (Å²) in [5.74, 6) is 0.710.